The molecular formula is C23H31N5O2S. The first-order valence-electron chi connectivity index (χ1n) is 11.4. The van der Waals surface area contributed by atoms with E-state index < -0.39 is 10.0 Å². The summed E-state index contributed by atoms with van der Waals surface area (Å²) in [5.74, 6) is 0.997. The minimum absolute atomic E-state index is 0.323. The van der Waals surface area contributed by atoms with Gasteiger partial charge in [0.1, 0.15) is 5.82 Å². The number of hydrogen-bond acceptors (Lipinski definition) is 4. The summed E-state index contributed by atoms with van der Waals surface area (Å²) in [6, 6.07) is 10.1. The quantitative estimate of drug-likeness (QED) is 0.607. The lowest BCUT2D eigenvalue weighted by atomic mass is 10.1. The van der Waals surface area contributed by atoms with Gasteiger partial charge in [-0.15, -0.1) is 0 Å². The summed E-state index contributed by atoms with van der Waals surface area (Å²) in [5, 5.41) is 0. The lowest BCUT2D eigenvalue weighted by molar-refractivity contribution is 0.155. The van der Waals surface area contributed by atoms with Crippen LogP contribution < -0.4 is 0 Å². The summed E-state index contributed by atoms with van der Waals surface area (Å²) in [5.41, 5.74) is 3.10. The molecule has 1 unspecified atom stereocenters. The van der Waals surface area contributed by atoms with Gasteiger partial charge in [0, 0.05) is 50.7 Å². The van der Waals surface area contributed by atoms with Gasteiger partial charge in [0.15, 0.2) is 0 Å². The maximum absolute atomic E-state index is 13.1. The summed E-state index contributed by atoms with van der Waals surface area (Å²) in [6.45, 7) is 9.11. The van der Waals surface area contributed by atoms with E-state index in [0.717, 1.165) is 62.3 Å². The highest BCUT2D eigenvalue weighted by Crippen LogP contribution is 2.29. The number of nitrogens with zero attached hydrogens (tertiary/aromatic N) is 5. The second-order valence-corrected chi connectivity index (χ2v) is 10.6. The van der Waals surface area contributed by atoms with Crippen LogP contribution in [0.3, 0.4) is 0 Å². The van der Waals surface area contributed by atoms with E-state index in [9.17, 15) is 8.42 Å². The number of sulfonamides is 1. The molecule has 5 rings (SSSR count). The molecule has 0 aliphatic carbocycles. The van der Waals surface area contributed by atoms with Gasteiger partial charge in [0.25, 0.3) is 0 Å². The molecule has 31 heavy (non-hydrogen) atoms. The van der Waals surface area contributed by atoms with Gasteiger partial charge in [0.2, 0.25) is 10.0 Å². The fourth-order valence-electron chi connectivity index (χ4n) is 5.07. The van der Waals surface area contributed by atoms with Crippen molar-refractivity contribution in [2.24, 2.45) is 0 Å². The second-order valence-electron chi connectivity index (χ2n) is 8.66. The maximum Gasteiger partial charge on any atom is 0.243 e. The summed E-state index contributed by atoms with van der Waals surface area (Å²) in [6.07, 6.45) is 5.13. The van der Waals surface area contributed by atoms with Crippen molar-refractivity contribution in [1.29, 1.82) is 0 Å². The van der Waals surface area contributed by atoms with E-state index >= 15 is 0 Å². The van der Waals surface area contributed by atoms with E-state index in [0.29, 0.717) is 24.0 Å². The molecule has 2 aromatic heterocycles. The highest BCUT2D eigenvalue weighted by Gasteiger charge is 2.28. The lowest BCUT2D eigenvalue weighted by Crippen LogP contribution is -2.36. The maximum atomic E-state index is 13.1. The smallest absolute Gasteiger partial charge is 0.243 e. The molecule has 8 heteroatoms. The van der Waals surface area contributed by atoms with Crippen molar-refractivity contribution in [3.63, 3.8) is 0 Å². The van der Waals surface area contributed by atoms with Gasteiger partial charge in [-0.3, -0.25) is 4.90 Å². The van der Waals surface area contributed by atoms with Crippen LogP contribution in [-0.4, -0.2) is 51.4 Å². The fraction of sp³-hybridized carbons (Fsp3) is 0.522. The largest absolute Gasteiger partial charge is 0.349 e. The second kappa shape index (κ2) is 8.07. The number of imidazole rings is 1. The molecule has 0 N–H and O–H groups in total. The summed E-state index contributed by atoms with van der Waals surface area (Å²) in [7, 11) is -3.46. The van der Waals surface area contributed by atoms with Gasteiger partial charge in [0.05, 0.1) is 22.5 Å². The van der Waals surface area contributed by atoms with Gasteiger partial charge in [-0.25, -0.2) is 13.4 Å². The van der Waals surface area contributed by atoms with Gasteiger partial charge in [-0.05, 0) is 57.0 Å². The third-order valence-electron chi connectivity index (χ3n) is 6.88. The predicted octanol–water partition coefficient (Wildman–Crippen LogP) is 3.61. The van der Waals surface area contributed by atoms with Crippen LogP contribution >= 0.6 is 0 Å². The number of fused-ring (bicyclic) bond motifs is 2. The number of piperidine rings is 1. The number of hydrogen-bond donors (Lipinski definition) is 0. The van der Waals surface area contributed by atoms with E-state index in [2.05, 4.69) is 46.2 Å². The first-order valence-corrected chi connectivity index (χ1v) is 12.8. The Kier molecular flexibility index (Phi) is 5.40. The topological polar surface area (TPSA) is 63.4 Å². The zero-order chi connectivity index (χ0) is 21.6. The Morgan fingerprint density at radius 1 is 1.06 bits per heavy atom. The van der Waals surface area contributed by atoms with E-state index in [1.165, 1.54) is 5.69 Å². The Morgan fingerprint density at radius 3 is 2.65 bits per heavy atom. The zero-order valence-corrected chi connectivity index (χ0v) is 19.2. The average molecular weight is 442 g/mol. The SMILES string of the molecule is CCn1c(CN2CCn3cccc3C2C)nc2cc(S(=O)(=O)N3CCCCC3)ccc21. The molecule has 0 amide bonds. The fourth-order valence-corrected chi connectivity index (χ4v) is 6.61. The molecule has 166 valence electrons. The molecule has 3 aromatic rings. The third kappa shape index (κ3) is 3.60. The Morgan fingerprint density at radius 2 is 1.87 bits per heavy atom. The van der Waals surface area contributed by atoms with Crippen LogP contribution in [0.1, 0.15) is 50.7 Å². The van der Waals surface area contributed by atoms with E-state index in [1.54, 1.807) is 16.4 Å². The Labute approximate surface area is 184 Å². The standard InChI is InChI=1S/C23H31N5O2S/c1-3-28-22-10-9-19(31(29,30)27-12-5-4-6-13-27)16-20(22)24-23(28)17-26-15-14-25-11-7-8-21(25)18(26)2/h7-11,16,18H,3-6,12-15,17H2,1-2H3. The first kappa shape index (κ1) is 20.7. The molecule has 7 nitrogen and oxygen atoms in total. The van der Waals surface area contributed by atoms with Crippen LogP contribution in [-0.2, 0) is 29.7 Å². The monoisotopic (exact) mass is 441 g/mol. The molecule has 1 atom stereocenters. The van der Waals surface area contributed by atoms with E-state index in [1.807, 2.05) is 6.07 Å². The Balaban J connectivity index is 1.46. The number of rotatable bonds is 5. The normalized spacial score (nSPS) is 20.9. The van der Waals surface area contributed by atoms with Crippen molar-refractivity contribution in [1.82, 2.24) is 23.3 Å². The van der Waals surface area contributed by atoms with Gasteiger partial charge in [-0.1, -0.05) is 6.42 Å². The molecule has 1 fully saturated rings. The predicted molar refractivity (Wildman–Crippen MR) is 121 cm³/mol. The number of aryl methyl sites for hydroxylation is 1. The van der Waals surface area contributed by atoms with Crippen LogP contribution in [0.15, 0.2) is 41.4 Å². The summed E-state index contributed by atoms with van der Waals surface area (Å²) < 4.78 is 32.4. The molecule has 1 saturated heterocycles. The van der Waals surface area contributed by atoms with Crippen molar-refractivity contribution in [2.45, 2.75) is 63.7 Å². The summed E-state index contributed by atoms with van der Waals surface area (Å²) >= 11 is 0. The molecule has 0 radical (unpaired) electrons. The minimum atomic E-state index is -3.46. The summed E-state index contributed by atoms with van der Waals surface area (Å²) in [4.78, 5) is 7.72. The third-order valence-corrected chi connectivity index (χ3v) is 8.78. The molecule has 0 saturated carbocycles. The van der Waals surface area contributed by atoms with Crippen molar-refractivity contribution in [3.8, 4) is 0 Å². The van der Waals surface area contributed by atoms with Crippen LogP contribution in [0.4, 0.5) is 0 Å². The van der Waals surface area contributed by atoms with Gasteiger partial charge >= 0.3 is 0 Å². The Hall–Kier alpha value is -2.16. The van der Waals surface area contributed by atoms with Crippen molar-refractivity contribution < 1.29 is 8.42 Å². The van der Waals surface area contributed by atoms with Crippen molar-refractivity contribution in [3.05, 3.63) is 48.0 Å². The van der Waals surface area contributed by atoms with Crippen molar-refractivity contribution >= 4 is 21.1 Å². The van der Waals surface area contributed by atoms with Gasteiger partial charge in [-0.2, -0.15) is 4.31 Å². The van der Waals surface area contributed by atoms with Crippen LogP contribution in [0, 0.1) is 0 Å². The van der Waals surface area contributed by atoms with Gasteiger partial charge < -0.3 is 9.13 Å². The first-order chi connectivity index (χ1) is 15.0. The van der Waals surface area contributed by atoms with Crippen molar-refractivity contribution in [2.75, 3.05) is 19.6 Å². The highest BCUT2D eigenvalue weighted by molar-refractivity contribution is 7.89. The molecule has 1 aromatic carbocycles. The molecule has 4 heterocycles. The number of benzene rings is 1. The van der Waals surface area contributed by atoms with E-state index in [4.69, 9.17) is 4.98 Å². The van der Waals surface area contributed by atoms with Crippen LogP contribution in [0.5, 0.6) is 0 Å². The van der Waals surface area contributed by atoms with Crippen LogP contribution in [0.25, 0.3) is 11.0 Å². The molecule has 0 spiro atoms. The molecule has 0 bridgehead atoms. The van der Waals surface area contributed by atoms with E-state index in [-0.39, 0.29) is 0 Å². The lowest BCUT2D eigenvalue weighted by Gasteiger charge is -2.34. The zero-order valence-electron chi connectivity index (χ0n) is 18.4. The number of aromatic nitrogens is 3. The highest BCUT2D eigenvalue weighted by atomic mass is 32.2. The molecule has 2 aliphatic heterocycles. The minimum Gasteiger partial charge on any atom is -0.349 e. The molecule has 2 aliphatic rings. The van der Waals surface area contributed by atoms with Crippen LogP contribution in [0.2, 0.25) is 0 Å². The Bertz CT molecular complexity index is 1190. The molecular weight excluding hydrogens is 410 g/mol. The average Bonchev–Trinajstić information content (AvgIpc) is 3.40.